The molecular formula is C28H28ClN3O4S. The Bertz CT molecular complexity index is 1430. The number of halogens is 1. The summed E-state index contributed by atoms with van der Waals surface area (Å²) in [5.41, 5.74) is 4.38. The lowest BCUT2D eigenvalue weighted by Crippen LogP contribution is -2.49. The van der Waals surface area contributed by atoms with E-state index in [4.69, 9.17) is 16.3 Å². The first-order valence-electron chi connectivity index (χ1n) is 12.1. The molecule has 0 aliphatic carbocycles. The van der Waals surface area contributed by atoms with Gasteiger partial charge in [-0.3, -0.25) is 4.79 Å². The number of hydrogen-bond acceptors (Lipinski definition) is 5. The molecule has 7 nitrogen and oxygen atoms in total. The van der Waals surface area contributed by atoms with Crippen molar-refractivity contribution in [3.63, 3.8) is 0 Å². The number of carboxylic acids is 1. The van der Waals surface area contributed by atoms with Gasteiger partial charge in [0.05, 0.1) is 28.6 Å². The summed E-state index contributed by atoms with van der Waals surface area (Å²) in [6.07, 6.45) is -0.0484. The maximum atomic E-state index is 13.7. The van der Waals surface area contributed by atoms with Crippen molar-refractivity contribution in [3.05, 3.63) is 70.6 Å². The van der Waals surface area contributed by atoms with Crippen molar-refractivity contribution in [2.75, 3.05) is 40.3 Å². The number of rotatable bonds is 7. The van der Waals surface area contributed by atoms with E-state index >= 15 is 0 Å². The molecule has 4 aromatic rings. The zero-order valence-corrected chi connectivity index (χ0v) is 22.3. The van der Waals surface area contributed by atoms with Crippen LogP contribution in [0.3, 0.4) is 0 Å². The molecule has 0 saturated carbocycles. The SMILES string of the molecule is CN(C)CC1CN(C(=O)Cn2c(-c3ccc(Cl)cc3)c(-c3ccccc3)c3sc(C(=O)O)cc32)CCO1. The summed E-state index contributed by atoms with van der Waals surface area (Å²) in [4.78, 5) is 29.7. The Hall–Kier alpha value is -3.17. The van der Waals surface area contributed by atoms with Crippen LogP contribution in [0, 0.1) is 0 Å². The Kier molecular flexibility index (Phi) is 7.35. The number of morpholine rings is 1. The predicted molar refractivity (Wildman–Crippen MR) is 148 cm³/mol. The van der Waals surface area contributed by atoms with Gasteiger partial charge in [0, 0.05) is 30.2 Å². The first-order valence-corrected chi connectivity index (χ1v) is 13.3. The van der Waals surface area contributed by atoms with Gasteiger partial charge in [0.1, 0.15) is 11.4 Å². The zero-order valence-electron chi connectivity index (χ0n) is 20.7. The monoisotopic (exact) mass is 537 g/mol. The number of nitrogens with zero attached hydrogens (tertiary/aromatic N) is 3. The second-order valence-corrected chi connectivity index (χ2v) is 10.9. The molecular weight excluding hydrogens is 510 g/mol. The molecule has 0 bridgehead atoms. The van der Waals surface area contributed by atoms with E-state index in [0.717, 1.165) is 39.1 Å². The van der Waals surface area contributed by atoms with Gasteiger partial charge in [-0.2, -0.15) is 0 Å². The van der Waals surface area contributed by atoms with Crippen molar-refractivity contribution < 1.29 is 19.4 Å². The van der Waals surface area contributed by atoms with E-state index in [9.17, 15) is 14.7 Å². The van der Waals surface area contributed by atoms with Gasteiger partial charge in [-0.15, -0.1) is 11.3 Å². The number of benzene rings is 2. The van der Waals surface area contributed by atoms with Gasteiger partial charge in [-0.1, -0.05) is 54.1 Å². The fourth-order valence-electron chi connectivity index (χ4n) is 4.87. The lowest BCUT2D eigenvalue weighted by molar-refractivity contribution is -0.139. The van der Waals surface area contributed by atoms with Crippen LogP contribution < -0.4 is 0 Å². The van der Waals surface area contributed by atoms with Gasteiger partial charge in [-0.05, 0) is 43.4 Å². The number of carbonyl (C=O) groups excluding carboxylic acids is 1. The third-order valence-corrected chi connectivity index (χ3v) is 7.86. The highest BCUT2D eigenvalue weighted by Crippen LogP contribution is 2.45. The summed E-state index contributed by atoms with van der Waals surface area (Å²) in [7, 11) is 3.97. The molecule has 2 aromatic heterocycles. The third kappa shape index (κ3) is 5.29. The van der Waals surface area contributed by atoms with Gasteiger partial charge in [0.2, 0.25) is 5.91 Å². The highest BCUT2D eigenvalue weighted by Gasteiger charge is 2.29. The van der Waals surface area contributed by atoms with E-state index in [0.29, 0.717) is 24.7 Å². The van der Waals surface area contributed by atoms with Crippen molar-refractivity contribution in [2.45, 2.75) is 12.6 Å². The minimum atomic E-state index is -0.981. The third-order valence-electron chi connectivity index (χ3n) is 6.48. The van der Waals surface area contributed by atoms with Crippen LogP contribution >= 0.6 is 22.9 Å². The smallest absolute Gasteiger partial charge is 0.345 e. The van der Waals surface area contributed by atoms with E-state index in [1.54, 1.807) is 6.07 Å². The highest BCUT2D eigenvalue weighted by molar-refractivity contribution is 7.21. The van der Waals surface area contributed by atoms with Crippen molar-refractivity contribution in [2.24, 2.45) is 0 Å². The quantitative estimate of drug-likeness (QED) is 0.352. The average Bonchev–Trinajstić information content (AvgIpc) is 3.43. The fraction of sp³-hybridized carbons (Fsp3) is 0.286. The van der Waals surface area contributed by atoms with Gasteiger partial charge in [-0.25, -0.2) is 4.79 Å². The number of amides is 1. The summed E-state index contributed by atoms with van der Waals surface area (Å²) in [6, 6.07) is 19.1. The van der Waals surface area contributed by atoms with E-state index in [1.165, 1.54) is 11.3 Å². The Morgan fingerprint density at radius 3 is 2.51 bits per heavy atom. The molecule has 1 saturated heterocycles. The minimum absolute atomic E-state index is 0.0261. The molecule has 0 spiro atoms. The van der Waals surface area contributed by atoms with E-state index in [1.807, 2.05) is 78.2 Å². The molecule has 3 heterocycles. The summed E-state index contributed by atoms with van der Waals surface area (Å²) >= 11 is 7.43. The second kappa shape index (κ2) is 10.7. The lowest BCUT2D eigenvalue weighted by atomic mass is 10.0. The summed E-state index contributed by atoms with van der Waals surface area (Å²) in [5, 5.41) is 10.4. The molecule has 0 radical (unpaired) electrons. The molecule has 2 aromatic carbocycles. The molecule has 1 aliphatic heterocycles. The fourth-order valence-corrected chi connectivity index (χ4v) is 6.07. The molecule has 5 rings (SSSR count). The van der Waals surface area contributed by atoms with Crippen LogP contribution in [0.2, 0.25) is 5.02 Å². The Balaban J connectivity index is 1.64. The summed E-state index contributed by atoms with van der Waals surface area (Å²) in [5.74, 6) is -1.01. The van der Waals surface area contributed by atoms with Crippen molar-refractivity contribution in [1.29, 1.82) is 0 Å². The van der Waals surface area contributed by atoms with Crippen LogP contribution in [0.5, 0.6) is 0 Å². The van der Waals surface area contributed by atoms with Gasteiger partial charge in [0.25, 0.3) is 0 Å². The number of carbonyl (C=O) groups is 2. The van der Waals surface area contributed by atoms with E-state index in [-0.39, 0.29) is 23.4 Å². The molecule has 9 heteroatoms. The Labute approximate surface area is 224 Å². The summed E-state index contributed by atoms with van der Waals surface area (Å²) < 4.78 is 8.67. The highest BCUT2D eigenvalue weighted by atomic mass is 35.5. The largest absolute Gasteiger partial charge is 0.477 e. The van der Waals surface area contributed by atoms with Crippen LogP contribution in [0.4, 0.5) is 0 Å². The van der Waals surface area contributed by atoms with Crippen LogP contribution in [0.1, 0.15) is 9.67 Å². The first kappa shape index (κ1) is 25.5. The zero-order chi connectivity index (χ0) is 26.1. The van der Waals surface area contributed by atoms with E-state index < -0.39 is 5.97 Å². The molecule has 1 atom stereocenters. The number of aromatic nitrogens is 1. The number of ether oxygens (including phenoxy) is 1. The predicted octanol–water partition coefficient (Wildman–Crippen LogP) is 5.18. The average molecular weight is 538 g/mol. The molecule has 1 N–H and O–H groups in total. The number of fused-ring (bicyclic) bond motifs is 1. The number of thiophene rings is 1. The van der Waals surface area contributed by atoms with Crippen LogP contribution in [-0.2, 0) is 16.1 Å². The van der Waals surface area contributed by atoms with Crippen LogP contribution in [0.15, 0.2) is 60.7 Å². The van der Waals surface area contributed by atoms with E-state index in [2.05, 4.69) is 4.90 Å². The molecule has 1 amide bonds. The second-order valence-electron chi connectivity index (χ2n) is 9.41. The van der Waals surface area contributed by atoms with Gasteiger partial charge >= 0.3 is 5.97 Å². The number of likely N-dealkylation sites (N-methyl/N-ethyl adjacent to an activating group) is 1. The Morgan fingerprint density at radius 1 is 1.11 bits per heavy atom. The molecule has 37 heavy (non-hydrogen) atoms. The number of aromatic carboxylic acids is 1. The standard InChI is InChI=1S/C28H28ClN3O4S/c1-30(2)15-21-16-31(12-13-36-21)24(33)17-32-22-14-23(28(34)35)37-27(22)25(18-6-4-3-5-7-18)26(32)19-8-10-20(29)11-9-19/h3-11,14,21H,12-13,15-17H2,1-2H3,(H,34,35). The Morgan fingerprint density at radius 2 is 1.84 bits per heavy atom. The molecule has 1 unspecified atom stereocenters. The number of carboxylic acid groups (broad SMARTS) is 1. The maximum absolute atomic E-state index is 13.7. The van der Waals surface area contributed by atoms with Gasteiger partial charge in [0.15, 0.2) is 0 Å². The maximum Gasteiger partial charge on any atom is 0.345 e. The van der Waals surface area contributed by atoms with Gasteiger partial charge < -0.3 is 24.2 Å². The summed E-state index contributed by atoms with van der Waals surface area (Å²) in [6.45, 7) is 2.36. The molecule has 192 valence electrons. The van der Waals surface area contributed by atoms with Crippen LogP contribution in [-0.4, -0.2) is 77.8 Å². The topological polar surface area (TPSA) is 75.0 Å². The first-order chi connectivity index (χ1) is 17.8. The van der Waals surface area contributed by atoms with Crippen molar-refractivity contribution in [3.8, 4) is 22.4 Å². The van der Waals surface area contributed by atoms with Crippen LogP contribution in [0.25, 0.3) is 32.6 Å². The van der Waals surface area contributed by atoms with Crippen molar-refractivity contribution >= 4 is 45.0 Å². The molecule has 1 aliphatic rings. The number of hydrogen-bond donors (Lipinski definition) is 1. The molecule has 1 fully saturated rings. The lowest BCUT2D eigenvalue weighted by Gasteiger charge is -2.34. The normalized spacial score (nSPS) is 16.0. The van der Waals surface area contributed by atoms with Crippen molar-refractivity contribution in [1.82, 2.24) is 14.4 Å². The minimum Gasteiger partial charge on any atom is -0.477 e.